The lowest BCUT2D eigenvalue weighted by Gasteiger charge is -2.15. The van der Waals surface area contributed by atoms with E-state index in [4.69, 9.17) is 9.97 Å². The molecule has 0 atom stereocenters. The van der Waals surface area contributed by atoms with E-state index in [1.807, 2.05) is 0 Å². The molecule has 0 unspecified atom stereocenters. The van der Waals surface area contributed by atoms with Gasteiger partial charge in [0.05, 0.1) is 33.1 Å². The summed E-state index contributed by atoms with van der Waals surface area (Å²) in [4.78, 5) is 11.0. The normalized spacial score (nSPS) is 11.7. The van der Waals surface area contributed by atoms with Crippen molar-refractivity contribution in [3.8, 4) is 56.1 Å². The van der Waals surface area contributed by atoms with Crippen molar-refractivity contribution in [2.45, 2.75) is 0 Å². The Hall–Kier alpha value is -8.08. The van der Waals surface area contributed by atoms with E-state index in [9.17, 15) is 0 Å². The maximum Gasteiger partial charge on any atom is 0.165 e. The molecule has 0 radical (unpaired) electrons. The molecule has 4 heteroatoms. The lowest BCUT2D eigenvalue weighted by atomic mass is 10.0. The molecule has 0 aliphatic heterocycles. The van der Waals surface area contributed by atoms with Gasteiger partial charge in [0.25, 0.3) is 0 Å². The van der Waals surface area contributed by atoms with Crippen LogP contribution >= 0.6 is 0 Å². The van der Waals surface area contributed by atoms with Gasteiger partial charge in [-0.2, -0.15) is 0 Å². The maximum absolute atomic E-state index is 5.54. The van der Waals surface area contributed by atoms with Crippen LogP contribution in [0.15, 0.2) is 218 Å². The van der Waals surface area contributed by atoms with Crippen molar-refractivity contribution in [3.63, 3.8) is 0 Å². The number of para-hydroxylation sites is 2. The number of aromatic nitrogens is 4. The number of fused-ring (bicyclic) bond motifs is 8. The average molecular weight is 765 g/mol. The molecule has 12 aromatic rings. The SMILES string of the molecule is c1ccc(-c2ccc(-c3nc4cc(-c5ccccc5)ccc4nc3-n3c4ccccc4c4c5c6ccccc6n(-c6cccc(-c7ccccc7)c6)c5ccc43)cc2)cc1. The van der Waals surface area contributed by atoms with E-state index in [0.29, 0.717) is 0 Å². The van der Waals surface area contributed by atoms with E-state index in [2.05, 4.69) is 228 Å². The van der Waals surface area contributed by atoms with Crippen LogP contribution in [0.5, 0.6) is 0 Å². The van der Waals surface area contributed by atoms with E-state index in [-0.39, 0.29) is 0 Å². The summed E-state index contributed by atoms with van der Waals surface area (Å²) >= 11 is 0. The van der Waals surface area contributed by atoms with Crippen molar-refractivity contribution in [1.29, 1.82) is 0 Å². The number of nitrogens with zero attached hydrogens (tertiary/aromatic N) is 4. The second-order valence-corrected chi connectivity index (χ2v) is 15.4. The summed E-state index contributed by atoms with van der Waals surface area (Å²) in [5.41, 5.74) is 16.1. The Morgan fingerprint density at radius 2 is 0.750 bits per heavy atom. The molecular formula is C56H36N4. The van der Waals surface area contributed by atoms with E-state index in [1.54, 1.807) is 0 Å². The Kier molecular flexibility index (Phi) is 7.82. The Morgan fingerprint density at radius 3 is 1.38 bits per heavy atom. The van der Waals surface area contributed by atoms with Crippen molar-refractivity contribution in [2.75, 3.05) is 0 Å². The quantitative estimate of drug-likeness (QED) is 0.169. The highest BCUT2D eigenvalue weighted by molar-refractivity contribution is 6.29. The van der Waals surface area contributed by atoms with Gasteiger partial charge in [-0.05, 0) is 81.9 Å². The largest absolute Gasteiger partial charge is 0.309 e. The Morgan fingerprint density at radius 1 is 0.283 bits per heavy atom. The minimum Gasteiger partial charge on any atom is -0.309 e. The molecule has 9 aromatic carbocycles. The molecular weight excluding hydrogens is 729 g/mol. The topological polar surface area (TPSA) is 35.6 Å². The molecule has 3 aromatic heterocycles. The van der Waals surface area contributed by atoms with Gasteiger partial charge in [-0.25, -0.2) is 9.97 Å². The van der Waals surface area contributed by atoms with Crippen LogP contribution in [-0.2, 0) is 0 Å². The minimum absolute atomic E-state index is 0.798. The summed E-state index contributed by atoms with van der Waals surface area (Å²) in [5.74, 6) is 0.798. The molecule has 0 spiro atoms. The summed E-state index contributed by atoms with van der Waals surface area (Å²) in [7, 11) is 0. The van der Waals surface area contributed by atoms with Crippen molar-refractivity contribution < 1.29 is 0 Å². The van der Waals surface area contributed by atoms with Crippen LogP contribution in [0.2, 0.25) is 0 Å². The van der Waals surface area contributed by atoms with Gasteiger partial charge < -0.3 is 4.57 Å². The Labute approximate surface area is 346 Å². The summed E-state index contributed by atoms with van der Waals surface area (Å²) in [6.45, 7) is 0. The Bertz CT molecular complexity index is 3570. The zero-order chi connectivity index (χ0) is 39.6. The first-order valence-corrected chi connectivity index (χ1v) is 20.4. The van der Waals surface area contributed by atoms with Crippen LogP contribution in [-0.4, -0.2) is 19.1 Å². The van der Waals surface area contributed by atoms with E-state index >= 15 is 0 Å². The monoisotopic (exact) mass is 764 g/mol. The summed E-state index contributed by atoms with van der Waals surface area (Å²) < 4.78 is 4.76. The summed E-state index contributed by atoms with van der Waals surface area (Å²) in [6, 6.07) is 77.8. The van der Waals surface area contributed by atoms with Crippen molar-refractivity contribution in [1.82, 2.24) is 19.1 Å². The summed E-state index contributed by atoms with van der Waals surface area (Å²) in [6.07, 6.45) is 0. The molecule has 0 saturated heterocycles. The standard InChI is InChI=1S/C56H36N4/c1-4-15-37(16-5-1)40-27-29-41(30-28-40)55-56(58-47-32-31-43(36-48(47)57-55)39-19-8-3-9-20-39)60-50-26-13-11-24-46(50)54-52(60)34-33-51-53(54)45-23-10-12-25-49(45)59(51)44-22-14-21-42(35-44)38-17-6-2-7-18-38/h1-36H. The molecule has 60 heavy (non-hydrogen) atoms. The molecule has 0 amide bonds. The predicted molar refractivity (Wildman–Crippen MR) is 250 cm³/mol. The van der Waals surface area contributed by atoms with Gasteiger partial charge in [0.15, 0.2) is 5.82 Å². The second kappa shape index (κ2) is 13.8. The van der Waals surface area contributed by atoms with Crippen LogP contribution in [0.3, 0.4) is 0 Å². The van der Waals surface area contributed by atoms with Gasteiger partial charge in [0, 0.05) is 32.8 Å². The highest BCUT2D eigenvalue weighted by Crippen LogP contribution is 2.44. The van der Waals surface area contributed by atoms with E-state index < -0.39 is 0 Å². The predicted octanol–water partition coefficient (Wildman–Crippen LogP) is 14.5. The number of hydrogen-bond donors (Lipinski definition) is 0. The zero-order valence-electron chi connectivity index (χ0n) is 32.6. The third-order valence-electron chi connectivity index (χ3n) is 11.9. The van der Waals surface area contributed by atoms with Gasteiger partial charge in [-0.15, -0.1) is 0 Å². The van der Waals surface area contributed by atoms with Crippen molar-refractivity contribution in [2.24, 2.45) is 0 Å². The van der Waals surface area contributed by atoms with Crippen LogP contribution < -0.4 is 0 Å². The molecule has 0 N–H and O–H groups in total. The lowest BCUT2D eigenvalue weighted by molar-refractivity contribution is 1.08. The third-order valence-corrected chi connectivity index (χ3v) is 11.9. The zero-order valence-corrected chi connectivity index (χ0v) is 32.6. The molecule has 0 aliphatic carbocycles. The highest BCUT2D eigenvalue weighted by Gasteiger charge is 2.23. The first-order valence-electron chi connectivity index (χ1n) is 20.4. The number of rotatable bonds is 6. The van der Waals surface area contributed by atoms with Crippen LogP contribution in [0.4, 0.5) is 0 Å². The fraction of sp³-hybridized carbons (Fsp3) is 0. The van der Waals surface area contributed by atoms with Gasteiger partial charge >= 0.3 is 0 Å². The first-order chi connectivity index (χ1) is 29.8. The number of benzene rings is 9. The molecule has 0 aliphatic rings. The Balaban J connectivity index is 1.13. The van der Waals surface area contributed by atoms with Gasteiger partial charge in [0.1, 0.15) is 5.69 Å². The van der Waals surface area contributed by atoms with Gasteiger partial charge in [-0.1, -0.05) is 170 Å². The smallest absolute Gasteiger partial charge is 0.165 e. The molecule has 0 bridgehead atoms. The second-order valence-electron chi connectivity index (χ2n) is 15.4. The van der Waals surface area contributed by atoms with Crippen molar-refractivity contribution >= 4 is 54.6 Å². The molecule has 4 nitrogen and oxygen atoms in total. The van der Waals surface area contributed by atoms with Gasteiger partial charge in [-0.3, -0.25) is 4.57 Å². The van der Waals surface area contributed by atoms with E-state index in [0.717, 1.165) is 67.0 Å². The van der Waals surface area contributed by atoms with E-state index in [1.165, 1.54) is 43.8 Å². The maximum atomic E-state index is 5.54. The number of hydrogen-bond acceptors (Lipinski definition) is 2. The minimum atomic E-state index is 0.798. The van der Waals surface area contributed by atoms with Crippen LogP contribution in [0, 0.1) is 0 Å². The summed E-state index contributed by atoms with van der Waals surface area (Å²) in [5, 5.41) is 4.80. The first kappa shape index (κ1) is 34.0. The molecule has 0 fully saturated rings. The molecule has 0 saturated carbocycles. The van der Waals surface area contributed by atoms with Crippen LogP contribution in [0.25, 0.3) is 111 Å². The molecule has 12 rings (SSSR count). The third kappa shape index (κ3) is 5.46. The molecule has 3 heterocycles. The molecule has 280 valence electrons. The van der Waals surface area contributed by atoms with Crippen molar-refractivity contribution in [3.05, 3.63) is 218 Å². The fourth-order valence-corrected chi connectivity index (χ4v) is 9.14. The fourth-order valence-electron chi connectivity index (χ4n) is 9.14. The van der Waals surface area contributed by atoms with Crippen LogP contribution in [0.1, 0.15) is 0 Å². The highest BCUT2D eigenvalue weighted by atomic mass is 15.1. The lowest BCUT2D eigenvalue weighted by Crippen LogP contribution is -2.04. The average Bonchev–Trinajstić information content (AvgIpc) is 3.85. The van der Waals surface area contributed by atoms with Gasteiger partial charge in [0.2, 0.25) is 0 Å².